The molecule has 0 aliphatic carbocycles. The summed E-state index contributed by atoms with van der Waals surface area (Å²) in [4.78, 5) is 22.9. The summed E-state index contributed by atoms with van der Waals surface area (Å²) in [7, 11) is 0. The molecule has 1 N–H and O–H groups in total. The second-order valence-electron chi connectivity index (χ2n) is 5.29. The lowest BCUT2D eigenvalue weighted by atomic mass is 9.98. The molecule has 1 fully saturated rings. The fourth-order valence-corrected chi connectivity index (χ4v) is 2.61. The smallest absolute Gasteiger partial charge is 0.312 e. The lowest BCUT2D eigenvalue weighted by Gasteiger charge is -2.36. The molecule has 5 heteroatoms. The fraction of sp³-hybridized carbons (Fsp3) is 0.467. The first-order valence-corrected chi connectivity index (χ1v) is 6.82. The van der Waals surface area contributed by atoms with E-state index in [0.29, 0.717) is 39.3 Å². The molecular formula is C15H20NO4+. The molecule has 0 aromatic heterocycles. The van der Waals surface area contributed by atoms with Gasteiger partial charge in [-0.15, -0.1) is 0 Å². The molecule has 1 aliphatic rings. The van der Waals surface area contributed by atoms with Crippen LogP contribution in [0.1, 0.15) is 5.56 Å². The van der Waals surface area contributed by atoms with Crippen molar-refractivity contribution in [3.05, 3.63) is 35.9 Å². The van der Waals surface area contributed by atoms with E-state index < -0.39 is 11.9 Å². The normalized spacial score (nSPS) is 19.2. The van der Waals surface area contributed by atoms with Crippen molar-refractivity contribution in [3.63, 3.8) is 0 Å². The van der Waals surface area contributed by atoms with Gasteiger partial charge in [0.25, 0.3) is 0 Å². The largest absolute Gasteiger partial charge is 0.481 e. The predicted octanol–water partition coefficient (Wildman–Crippen LogP) is 0.933. The maximum Gasteiger partial charge on any atom is 0.312 e. The SMILES string of the molecule is O=C[N+]1(CC(Cc2ccccc2)C(=O)O)CCOCC1. The Bertz CT molecular complexity index is 454. The zero-order valence-electron chi connectivity index (χ0n) is 11.4. The first kappa shape index (κ1) is 14.7. The predicted molar refractivity (Wildman–Crippen MR) is 73.0 cm³/mol. The molecule has 2 rings (SSSR count). The van der Waals surface area contributed by atoms with Gasteiger partial charge in [0.2, 0.25) is 0 Å². The molecule has 1 atom stereocenters. The molecular weight excluding hydrogens is 258 g/mol. The number of rotatable bonds is 6. The summed E-state index contributed by atoms with van der Waals surface area (Å²) in [6.07, 6.45) is 1.33. The monoisotopic (exact) mass is 278 g/mol. The number of aliphatic carboxylic acids is 1. The summed E-state index contributed by atoms with van der Waals surface area (Å²) < 4.78 is 5.45. The Kier molecular flexibility index (Phi) is 4.87. The molecule has 20 heavy (non-hydrogen) atoms. The Labute approximate surface area is 118 Å². The summed E-state index contributed by atoms with van der Waals surface area (Å²) in [5, 5.41) is 9.42. The van der Waals surface area contributed by atoms with Crippen molar-refractivity contribution in [1.29, 1.82) is 0 Å². The number of hydrogen-bond donors (Lipinski definition) is 1. The van der Waals surface area contributed by atoms with Gasteiger partial charge in [0, 0.05) is 0 Å². The molecule has 0 saturated carbocycles. The number of nitrogens with zero attached hydrogens (tertiary/aromatic N) is 1. The van der Waals surface area contributed by atoms with Gasteiger partial charge < -0.3 is 9.84 Å². The Balaban J connectivity index is 2.08. The second kappa shape index (κ2) is 6.63. The molecule has 1 aliphatic heterocycles. The highest BCUT2D eigenvalue weighted by Gasteiger charge is 2.36. The molecule has 1 aromatic rings. The highest BCUT2D eigenvalue weighted by molar-refractivity contribution is 5.70. The standard InChI is InChI=1S/C15H19NO4/c17-12-16(6-8-20-9-7-16)11-14(15(18)19)10-13-4-2-1-3-5-13/h1-5,12,14H,6-11H2/p+1. The molecule has 1 heterocycles. The van der Waals surface area contributed by atoms with E-state index in [1.165, 1.54) is 0 Å². The first-order valence-electron chi connectivity index (χ1n) is 6.82. The van der Waals surface area contributed by atoms with Gasteiger partial charge in [-0.05, 0) is 12.0 Å². The Hall–Kier alpha value is -1.72. The lowest BCUT2D eigenvalue weighted by molar-refractivity contribution is -0.857. The average molecular weight is 278 g/mol. The van der Waals surface area contributed by atoms with Gasteiger partial charge in [0.15, 0.2) is 0 Å². The molecule has 1 aromatic carbocycles. The summed E-state index contributed by atoms with van der Waals surface area (Å²) in [5.41, 5.74) is 0.984. The molecule has 1 unspecified atom stereocenters. The van der Waals surface area contributed by atoms with Crippen molar-refractivity contribution in [1.82, 2.24) is 0 Å². The Morgan fingerprint density at radius 1 is 1.30 bits per heavy atom. The van der Waals surface area contributed by atoms with Crippen LogP contribution in [0.3, 0.4) is 0 Å². The summed E-state index contributed by atoms with van der Waals surface area (Å²) in [6, 6.07) is 9.53. The minimum atomic E-state index is -0.848. The van der Waals surface area contributed by atoms with Crippen LogP contribution in [0.4, 0.5) is 0 Å². The third-order valence-corrected chi connectivity index (χ3v) is 3.84. The number of carbonyl (C=O) groups excluding carboxylic acids is 1. The van der Waals surface area contributed by atoms with Gasteiger partial charge in [-0.25, -0.2) is 4.79 Å². The minimum absolute atomic E-state index is 0.184. The summed E-state index contributed by atoms with van der Waals surface area (Å²) in [6.45, 7) is 2.47. The number of carboxylic acids is 1. The van der Waals surface area contributed by atoms with Gasteiger partial charge in [-0.2, -0.15) is 0 Å². The van der Waals surface area contributed by atoms with E-state index in [2.05, 4.69) is 0 Å². The zero-order valence-corrected chi connectivity index (χ0v) is 11.4. The summed E-state index contributed by atoms with van der Waals surface area (Å²) >= 11 is 0. The summed E-state index contributed by atoms with van der Waals surface area (Å²) in [5.74, 6) is -1.40. The van der Waals surface area contributed by atoms with Crippen LogP contribution in [-0.4, -0.2) is 54.8 Å². The Morgan fingerprint density at radius 3 is 2.50 bits per heavy atom. The lowest BCUT2D eigenvalue weighted by Crippen LogP contribution is -2.57. The van der Waals surface area contributed by atoms with E-state index in [9.17, 15) is 14.7 Å². The van der Waals surface area contributed by atoms with Crippen molar-refractivity contribution in [3.8, 4) is 0 Å². The molecule has 1 saturated heterocycles. The zero-order chi connectivity index (χ0) is 14.4. The van der Waals surface area contributed by atoms with E-state index in [0.717, 1.165) is 12.0 Å². The molecule has 0 radical (unpaired) electrons. The van der Waals surface area contributed by atoms with E-state index in [4.69, 9.17) is 4.74 Å². The number of hydrogen-bond acceptors (Lipinski definition) is 3. The van der Waals surface area contributed by atoms with Gasteiger partial charge in [0.05, 0.1) is 19.8 Å². The number of quaternary nitrogens is 1. The van der Waals surface area contributed by atoms with Gasteiger partial charge in [-0.1, -0.05) is 30.3 Å². The number of amides is 1. The van der Waals surface area contributed by atoms with Crippen molar-refractivity contribution in [2.75, 3.05) is 32.8 Å². The van der Waals surface area contributed by atoms with E-state index in [1.807, 2.05) is 30.3 Å². The van der Waals surface area contributed by atoms with Crippen molar-refractivity contribution in [2.45, 2.75) is 6.42 Å². The number of carboxylic acid groups (broad SMARTS) is 1. The van der Waals surface area contributed by atoms with Gasteiger partial charge in [-0.3, -0.25) is 9.28 Å². The van der Waals surface area contributed by atoms with Crippen LogP contribution in [0.15, 0.2) is 30.3 Å². The third-order valence-electron chi connectivity index (χ3n) is 3.84. The molecule has 108 valence electrons. The second-order valence-corrected chi connectivity index (χ2v) is 5.29. The van der Waals surface area contributed by atoms with Crippen LogP contribution in [0.2, 0.25) is 0 Å². The van der Waals surface area contributed by atoms with Gasteiger partial charge in [0.1, 0.15) is 19.0 Å². The van der Waals surface area contributed by atoms with Crippen molar-refractivity contribution < 1.29 is 23.9 Å². The maximum absolute atomic E-state index is 11.5. The average Bonchev–Trinajstić information content (AvgIpc) is 2.48. The molecule has 1 amide bonds. The third kappa shape index (κ3) is 3.65. The maximum atomic E-state index is 11.5. The van der Waals surface area contributed by atoms with Crippen LogP contribution in [0.5, 0.6) is 0 Å². The molecule has 0 bridgehead atoms. The van der Waals surface area contributed by atoms with Gasteiger partial charge >= 0.3 is 12.4 Å². The Morgan fingerprint density at radius 2 is 1.95 bits per heavy atom. The number of morpholine rings is 1. The van der Waals surface area contributed by atoms with E-state index >= 15 is 0 Å². The quantitative estimate of drug-likeness (QED) is 0.621. The molecule has 0 spiro atoms. The highest BCUT2D eigenvalue weighted by Crippen LogP contribution is 2.17. The van der Waals surface area contributed by atoms with Crippen LogP contribution in [0, 0.1) is 5.92 Å². The number of carbonyl (C=O) groups is 2. The van der Waals surface area contributed by atoms with Crippen LogP contribution < -0.4 is 0 Å². The van der Waals surface area contributed by atoms with E-state index in [-0.39, 0.29) is 4.48 Å². The molecule has 5 nitrogen and oxygen atoms in total. The first-order chi connectivity index (χ1) is 9.65. The fourth-order valence-electron chi connectivity index (χ4n) is 2.61. The van der Waals surface area contributed by atoms with Crippen LogP contribution in [0.25, 0.3) is 0 Å². The topological polar surface area (TPSA) is 63.6 Å². The van der Waals surface area contributed by atoms with Crippen LogP contribution >= 0.6 is 0 Å². The minimum Gasteiger partial charge on any atom is -0.481 e. The number of ether oxygens (including phenoxy) is 1. The van der Waals surface area contributed by atoms with E-state index in [1.54, 1.807) is 0 Å². The number of benzene rings is 1. The van der Waals surface area contributed by atoms with Crippen molar-refractivity contribution >= 4 is 12.4 Å². The highest BCUT2D eigenvalue weighted by atomic mass is 16.5. The van der Waals surface area contributed by atoms with Crippen molar-refractivity contribution in [2.24, 2.45) is 5.92 Å². The van der Waals surface area contributed by atoms with Crippen LogP contribution in [-0.2, 0) is 20.7 Å².